The van der Waals surface area contributed by atoms with E-state index in [0.29, 0.717) is 35.8 Å². The monoisotopic (exact) mass is 376 g/mol. The number of ether oxygens (including phenoxy) is 2. The van der Waals surface area contributed by atoms with Gasteiger partial charge in [0, 0.05) is 24.2 Å². The molecule has 142 valence electrons. The molecule has 0 aliphatic heterocycles. The van der Waals surface area contributed by atoms with Gasteiger partial charge in [0.15, 0.2) is 0 Å². The molecular weight excluding hydrogens is 356 g/mol. The van der Waals surface area contributed by atoms with Gasteiger partial charge < -0.3 is 19.0 Å². The van der Waals surface area contributed by atoms with Crippen LogP contribution in [0.1, 0.15) is 6.42 Å². The Morgan fingerprint density at radius 3 is 2.46 bits per heavy atom. The largest absolute Gasteiger partial charge is 0.497 e. The van der Waals surface area contributed by atoms with E-state index in [0.717, 1.165) is 22.4 Å². The van der Waals surface area contributed by atoms with Crippen molar-refractivity contribution in [2.24, 2.45) is 0 Å². The van der Waals surface area contributed by atoms with Gasteiger partial charge in [-0.15, -0.1) is 0 Å². The van der Waals surface area contributed by atoms with E-state index in [2.05, 4.69) is 9.97 Å². The molecule has 1 N–H and O–H groups in total. The highest BCUT2D eigenvalue weighted by Gasteiger charge is 2.22. The number of aromatic nitrogens is 2. The minimum Gasteiger partial charge on any atom is -0.497 e. The van der Waals surface area contributed by atoms with Crippen LogP contribution in [0.15, 0.2) is 65.3 Å². The van der Waals surface area contributed by atoms with Crippen LogP contribution in [0.3, 0.4) is 0 Å². The molecule has 0 radical (unpaired) electrons. The summed E-state index contributed by atoms with van der Waals surface area (Å²) in [5.41, 5.74) is 3.20. The number of rotatable bonds is 7. The standard InChI is InChI=1S/C22H20N2O4/c1-26-17-10-8-15(9-11-17)18-19-21(27-13-5-12-25)23-14-24-22(19)28-20(18)16-6-3-2-4-7-16/h2-4,6-11,14,25H,5,12-13H2,1H3. The molecule has 0 spiro atoms. The van der Waals surface area contributed by atoms with Crippen molar-refractivity contribution in [3.63, 3.8) is 0 Å². The van der Waals surface area contributed by atoms with E-state index < -0.39 is 0 Å². The Morgan fingerprint density at radius 2 is 1.75 bits per heavy atom. The summed E-state index contributed by atoms with van der Waals surface area (Å²) in [6.07, 6.45) is 1.94. The molecule has 4 aromatic rings. The molecular formula is C22H20N2O4. The molecule has 0 fully saturated rings. The van der Waals surface area contributed by atoms with Crippen LogP contribution in [-0.2, 0) is 0 Å². The van der Waals surface area contributed by atoms with E-state index in [9.17, 15) is 0 Å². The second-order valence-electron chi connectivity index (χ2n) is 6.19. The van der Waals surface area contributed by atoms with E-state index in [-0.39, 0.29) is 6.61 Å². The SMILES string of the molecule is COc1ccc(-c2c(-c3ccccc3)oc3ncnc(OCCCO)c23)cc1. The summed E-state index contributed by atoms with van der Waals surface area (Å²) in [5.74, 6) is 1.91. The molecule has 0 saturated carbocycles. The topological polar surface area (TPSA) is 77.6 Å². The average molecular weight is 376 g/mol. The summed E-state index contributed by atoms with van der Waals surface area (Å²) >= 11 is 0. The highest BCUT2D eigenvalue weighted by Crippen LogP contribution is 2.43. The van der Waals surface area contributed by atoms with Crippen LogP contribution < -0.4 is 9.47 Å². The van der Waals surface area contributed by atoms with Crippen LogP contribution in [0.5, 0.6) is 11.6 Å². The number of aliphatic hydroxyl groups is 1. The summed E-state index contributed by atoms with van der Waals surface area (Å²) in [7, 11) is 1.64. The molecule has 0 saturated heterocycles. The van der Waals surface area contributed by atoms with E-state index in [4.69, 9.17) is 19.0 Å². The van der Waals surface area contributed by atoms with Gasteiger partial charge in [-0.2, -0.15) is 0 Å². The molecule has 0 aliphatic rings. The first-order valence-corrected chi connectivity index (χ1v) is 9.03. The fourth-order valence-corrected chi connectivity index (χ4v) is 3.08. The number of benzene rings is 2. The van der Waals surface area contributed by atoms with Crippen molar-refractivity contribution < 1.29 is 19.0 Å². The lowest BCUT2D eigenvalue weighted by Crippen LogP contribution is -2.02. The molecule has 0 amide bonds. The third kappa shape index (κ3) is 3.42. The third-order valence-corrected chi connectivity index (χ3v) is 4.41. The number of furan rings is 1. The first-order valence-electron chi connectivity index (χ1n) is 9.03. The summed E-state index contributed by atoms with van der Waals surface area (Å²) in [6.45, 7) is 0.413. The van der Waals surface area contributed by atoms with Gasteiger partial charge >= 0.3 is 0 Å². The zero-order valence-electron chi connectivity index (χ0n) is 15.5. The Kier molecular flexibility index (Phi) is 5.21. The van der Waals surface area contributed by atoms with Gasteiger partial charge in [-0.05, 0) is 17.7 Å². The lowest BCUT2D eigenvalue weighted by atomic mass is 9.99. The highest BCUT2D eigenvalue weighted by atomic mass is 16.5. The van der Waals surface area contributed by atoms with Crippen molar-refractivity contribution >= 4 is 11.1 Å². The Morgan fingerprint density at radius 1 is 0.964 bits per heavy atom. The Balaban J connectivity index is 1.93. The van der Waals surface area contributed by atoms with Crippen LogP contribution in [-0.4, -0.2) is 35.4 Å². The zero-order valence-corrected chi connectivity index (χ0v) is 15.5. The molecule has 2 heterocycles. The molecule has 0 atom stereocenters. The zero-order chi connectivity index (χ0) is 19.3. The molecule has 0 aliphatic carbocycles. The molecule has 2 aromatic carbocycles. The van der Waals surface area contributed by atoms with E-state index in [1.165, 1.54) is 6.33 Å². The van der Waals surface area contributed by atoms with Crippen LogP contribution >= 0.6 is 0 Å². The first kappa shape index (κ1) is 18.0. The Hall–Kier alpha value is -3.38. The van der Waals surface area contributed by atoms with Crippen LogP contribution in [0, 0.1) is 0 Å². The van der Waals surface area contributed by atoms with Gasteiger partial charge in [0.05, 0.1) is 13.7 Å². The Bertz CT molecular complexity index is 1060. The number of fused-ring (bicyclic) bond motifs is 1. The van der Waals surface area contributed by atoms with E-state index in [1.807, 2.05) is 54.6 Å². The lowest BCUT2D eigenvalue weighted by Gasteiger charge is -2.08. The molecule has 6 heteroatoms. The van der Waals surface area contributed by atoms with Crippen molar-refractivity contribution in [2.75, 3.05) is 20.3 Å². The molecule has 0 bridgehead atoms. The fraction of sp³-hybridized carbons (Fsp3) is 0.182. The minimum atomic E-state index is 0.0558. The third-order valence-electron chi connectivity index (χ3n) is 4.41. The molecule has 6 nitrogen and oxygen atoms in total. The van der Waals surface area contributed by atoms with Gasteiger partial charge in [-0.1, -0.05) is 42.5 Å². The maximum Gasteiger partial charge on any atom is 0.234 e. The average Bonchev–Trinajstić information content (AvgIpc) is 3.15. The highest BCUT2D eigenvalue weighted by molar-refractivity contribution is 6.03. The van der Waals surface area contributed by atoms with Gasteiger partial charge in [0.1, 0.15) is 23.2 Å². The number of methoxy groups -OCH3 is 1. The Labute approximate surface area is 162 Å². The van der Waals surface area contributed by atoms with Gasteiger partial charge in [0.2, 0.25) is 11.6 Å². The fourth-order valence-electron chi connectivity index (χ4n) is 3.08. The smallest absolute Gasteiger partial charge is 0.234 e. The van der Waals surface area contributed by atoms with Gasteiger partial charge in [-0.25, -0.2) is 9.97 Å². The maximum absolute atomic E-state index is 9.05. The number of aliphatic hydroxyl groups excluding tert-OH is 1. The van der Waals surface area contributed by atoms with Gasteiger partial charge in [-0.3, -0.25) is 0 Å². The summed E-state index contributed by atoms with van der Waals surface area (Å²) in [5, 5.41) is 9.76. The summed E-state index contributed by atoms with van der Waals surface area (Å²) in [4.78, 5) is 8.61. The summed E-state index contributed by atoms with van der Waals surface area (Å²) < 4.78 is 17.2. The number of nitrogens with zero attached hydrogens (tertiary/aromatic N) is 2. The molecule has 28 heavy (non-hydrogen) atoms. The first-order chi connectivity index (χ1) is 13.8. The molecule has 2 aromatic heterocycles. The van der Waals surface area contributed by atoms with E-state index in [1.54, 1.807) is 7.11 Å². The van der Waals surface area contributed by atoms with Crippen LogP contribution in [0.4, 0.5) is 0 Å². The van der Waals surface area contributed by atoms with Crippen molar-refractivity contribution in [3.05, 3.63) is 60.9 Å². The predicted octanol–water partition coefficient (Wildman–Crippen LogP) is 4.33. The summed E-state index contributed by atoms with van der Waals surface area (Å²) in [6, 6.07) is 17.6. The molecule has 4 rings (SSSR count). The van der Waals surface area contributed by atoms with Gasteiger partial charge in [0.25, 0.3) is 0 Å². The molecule has 0 unspecified atom stereocenters. The van der Waals surface area contributed by atoms with Crippen molar-refractivity contribution in [1.29, 1.82) is 0 Å². The van der Waals surface area contributed by atoms with Crippen LogP contribution in [0.2, 0.25) is 0 Å². The second-order valence-corrected chi connectivity index (χ2v) is 6.19. The quantitative estimate of drug-likeness (QED) is 0.484. The second kappa shape index (κ2) is 8.10. The normalized spacial score (nSPS) is 10.9. The predicted molar refractivity (Wildman–Crippen MR) is 106 cm³/mol. The van der Waals surface area contributed by atoms with Crippen molar-refractivity contribution in [1.82, 2.24) is 9.97 Å². The van der Waals surface area contributed by atoms with E-state index >= 15 is 0 Å². The maximum atomic E-state index is 9.05. The minimum absolute atomic E-state index is 0.0558. The number of hydrogen-bond donors (Lipinski definition) is 1. The number of hydrogen-bond acceptors (Lipinski definition) is 6. The van der Waals surface area contributed by atoms with Crippen molar-refractivity contribution in [3.8, 4) is 34.1 Å². The van der Waals surface area contributed by atoms with Crippen LogP contribution in [0.25, 0.3) is 33.6 Å². The lowest BCUT2D eigenvalue weighted by molar-refractivity contribution is 0.230. The van der Waals surface area contributed by atoms with Crippen molar-refractivity contribution in [2.45, 2.75) is 6.42 Å².